The van der Waals surface area contributed by atoms with Crippen LogP contribution in [-0.2, 0) is 17.9 Å². The minimum Gasteiger partial charge on any atom is -0.489 e. The molecule has 0 spiro atoms. The molecule has 3 aliphatic rings. The van der Waals surface area contributed by atoms with Gasteiger partial charge in [-0.05, 0) is 67.1 Å². The lowest BCUT2D eigenvalue weighted by molar-refractivity contribution is -0.394. The molecule has 2 heterocycles. The molecule has 0 saturated heterocycles. The summed E-state index contributed by atoms with van der Waals surface area (Å²) >= 11 is 0. The fourth-order valence-electron chi connectivity index (χ4n) is 5.29. The van der Waals surface area contributed by atoms with Crippen molar-refractivity contribution in [2.24, 2.45) is 0 Å². The molecule has 1 unspecified atom stereocenters. The summed E-state index contributed by atoms with van der Waals surface area (Å²) in [6.45, 7) is 1.04. The van der Waals surface area contributed by atoms with Crippen molar-refractivity contribution in [3.8, 4) is 11.8 Å². The maximum atomic E-state index is 13.0. The third kappa shape index (κ3) is 4.91. The molecular weight excluding hydrogens is 444 g/mol. The summed E-state index contributed by atoms with van der Waals surface area (Å²) < 4.78 is 6.42. The Labute approximate surface area is 204 Å². The van der Waals surface area contributed by atoms with Crippen LogP contribution < -0.4 is 15.0 Å². The van der Waals surface area contributed by atoms with E-state index >= 15 is 0 Å². The van der Waals surface area contributed by atoms with E-state index in [1.807, 2.05) is 30.3 Å². The smallest absolute Gasteiger partial charge is 0.388 e. The van der Waals surface area contributed by atoms with Crippen LogP contribution in [0.3, 0.4) is 0 Å². The highest BCUT2D eigenvalue weighted by Gasteiger charge is 2.41. The number of ether oxygens (including phenoxy) is 1. The Morgan fingerprint density at radius 3 is 2.83 bits per heavy atom. The molecule has 1 saturated carbocycles. The number of rotatable bonds is 6. The molecule has 0 radical (unpaired) electrons. The Morgan fingerprint density at radius 2 is 2.00 bits per heavy atom. The third-order valence-electron chi connectivity index (χ3n) is 7.13. The number of hydrogen-bond donors (Lipinski definition) is 3. The second-order valence-electron chi connectivity index (χ2n) is 9.48. The molecule has 2 aromatic carbocycles. The molecule has 2 aliphatic heterocycles. The largest absolute Gasteiger partial charge is 0.489 e. The average molecular weight is 474 g/mol. The van der Waals surface area contributed by atoms with Gasteiger partial charge in [-0.3, -0.25) is 4.79 Å². The van der Waals surface area contributed by atoms with Gasteiger partial charge in [0.25, 0.3) is 5.91 Å². The molecule has 8 heteroatoms. The molecule has 3 N–H and O–H groups in total. The molecule has 180 valence electrons. The Morgan fingerprint density at radius 1 is 1.14 bits per heavy atom. The van der Waals surface area contributed by atoms with Gasteiger partial charge in [0.2, 0.25) is 0 Å². The fourth-order valence-corrected chi connectivity index (χ4v) is 5.29. The molecule has 35 heavy (non-hydrogen) atoms. The maximum Gasteiger partial charge on any atom is 0.388 e. The van der Waals surface area contributed by atoms with Gasteiger partial charge in [0.15, 0.2) is 6.04 Å². The normalized spacial score (nSPS) is 24.0. The quantitative estimate of drug-likeness (QED) is 0.588. The highest BCUT2D eigenvalue weighted by Crippen LogP contribution is 2.31. The number of aliphatic hydroxyl groups excluding tert-OH is 1. The lowest BCUT2D eigenvalue weighted by Crippen LogP contribution is -2.82. The van der Waals surface area contributed by atoms with Crippen molar-refractivity contribution in [3.63, 3.8) is 0 Å². The molecular formula is C27H29N4O4+. The van der Waals surface area contributed by atoms with Gasteiger partial charge in [-0.25, -0.2) is 4.79 Å². The summed E-state index contributed by atoms with van der Waals surface area (Å²) in [5, 5.41) is 23.0. The molecule has 3 atom stereocenters. The van der Waals surface area contributed by atoms with Gasteiger partial charge in [0, 0.05) is 24.7 Å². The van der Waals surface area contributed by atoms with E-state index < -0.39 is 6.04 Å². The zero-order chi connectivity index (χ0) is 24.4. The third-order valence-corrected chi connectivity index (χ3v) is 7.13. The highest BCUT2D eigenvalue weighted by atomic mass is 16.5. The number of amides is 2. The molecule has 2 amide bonds. The number of benzene rings is 2. The van der Waals surface area contributed by atoms with Crippen molar-refractivity contribution < 1.29 is 24.4 Å². The second-order valence-corrected chi connectivity index (χ2v) is 9.48. The molecule has 1 aliphatic carbocycles. The van der Waals surface area contributed by atoms with Crippen LogP contribution in [-0.4, -0.2) is 45.9 Å². The molecule has 8 nitrogen and oxygen atoms in total. The van der Waals surface area contributed by atoms with Crippen LogP contribution >= 0.6 is 0 Å². The Kier molecular flexibility index (Phi) is 6.51. The number of aliphatic hydroxyl groups is 1. The molecule has 1 fully saturated rings. The minimum atomic E-state index is -0.511. The van der Waals surface area contributed by atoms with Crippen molar-refractivity contribution in [1.29, 1.82) is 5.26 Å². The van der Waals surface area contributed by atoms with Gasteiger partial charge in [-0.15, -0.1) is 4.99 Å². The van der Waals surface area contributed by atoms with Gasteiger partial charge in [-0.1, -0.05) is 18.6 Å². The van der Waals surface area contributed by atoms with E-state index in [1.165, 1.54) is 0 Å². The van der Waals surface area contributed by atoms with E-state index in [-0.39, 0.29) is 36.3 Å². The average Bonchev–Trinajstić information content (AvgIpc) is 3.19. The SMILES string of the molecule is N#Cc1cccc(CN[C@@H]2CCCC[C@@H]2Oc2ccc3c(c2)CN(C2CCC(=O)[NH+]=C2O)C3=O)c1. The summed E-state index contributed by atoms with van der Waals surface area (Å²) in [5.41, 5.74) is 3.20. The first-order valence-corrected chi connectivity index (χ1v) is 12.2. The maximum absolute atomic E-state index is 13.0. The first kappa shape index (κ1) is 23.1. The van der Waals surface area contributed by atoms with E-state index in [2.05, 4.69) is 16.4 Å². The Bertz CT molecular complexity index is 1220. The predicted molar refractivity (Wildman–Crippen MR) is 128 cm³/mol. The standard InChI is InChI=1S/C27H28N4O4/c28-14-17-4-3-5-18(12-17)15-29-22-6-1-2-7-24(22)35-20-8-9-21-19(13-20)16-31(27(21)34)23-10-11-25(32)30-26(23)33/h3-5,8-9,12-13,22-24,29H,1-2,6-7,10-11,15-16H2,(H,30,32,33)/p+1/t22-,23?,24+/m1/s1. The van der Waals surface area contributed by atoms with Gasteiger partial charge >= 0.3 is 11.8 Å². The van der Waals surface area contributed by atoms with E-state index in [9.17, 15) is 14.7 Å². The highest BCUT2D eigenvalue weighted by molar-refractivity contribution is 6.01. The molecule has 0 aromatic heterocycles. The zero-order valence-electron chi connectivity index (χ0n) is 19.5. The Hall–Kier alpha value is -3.70. The van der Waals surface area contributed by atoms with Crippen molar-refractivity contribution in [1.82, 2.24) is 10.2 Å². The number of carbonyl (C=O) groups is 2. The van der Waals surface area contributed by atoms with Crippen LogP contribution in [0.2, 0.25) is 0 Å². The lowest BCUT2D eigenvalue weighted by atomic mass is 9.92. The van der Waals surface area contributed by atoms with E-state index in [0.717, 1.165) is 42.6 Å². The van der Waals surface area contributed by atoms with Crippen LogP contribution in [0.5, 0.6) is 5.75 Å². The van der Waals surface area contributed by atoms with Crippen LogP contribution in [0.4, 0.5) is 0 Å². The molecule has 2 aromatic rings. The number of fused-ring (bicyclic) bond motifs is 1. The number of hydrogen-bond acceptors (Lipinski definition) is 5. The predicted octanol–water partition coefficient (Wildman–Crippen LogP) is 1.72. The summed E-state index contributed by atoms with van der Waals surface area (Å²) in [7, 11) is 0. The van der Waals surface area contributed by atoms with Gasteiger partial charge in [0.05, 0.1) is 18.1 Å². The van der Waals surface area contributed by atoms with Crippen molar-refractivity contribution >= 4 is 17.7 Å². The van der Waals surface area contributed by atoms with E-state index in [0.29, 0.717) is 30.6 Å². The van der Waals surface area contributed by atoms with Gasteiger partial charge in [0.1, 0.15) is 11.9 Å². The van der Waals surface area contributed by atoms with Gasteiger partial charge < -0.3 is 20.1 Å². The zero-order valence-corrected chi connectivity index (χ0v) is 19.5. The van der Waals surface area contributed by atoms with Crippen LogP contribution in [0.1, 0.15) is 65.6 Å². The fraction of sp³-hybridized carbons (Fsp3) is 0.407. The van der Waals surface area contributed by atoms with Crippen LogP contribution in [0.15, 0.2) is 42.5 Å². The van der Waals surface area contributed by atoms with Crippen molar-refractivity contribution in [2.75, 3.05) is 0 Å². The van der Waals surface area contributed by atoms with Crippen molar-refractivity contribution in [2.45, 2.75) is 69.8 Å². The minimum absolute atomic E-state index is 0.0140. The summed E-state index contributed by atoms with van der Waals surface area (Å²) in [6, 6.07) is 15.1. The summed E-state index contributed by atoms with van der Waals surface area (Å²) in [6.07, 6.45) is 4.91. The number of nitrogens with one attached hydrogen (secondary N) is 2. The number of nitriles is 1. The summed E-state index contributed by atoms with van der Waals surface area (Å²) in [4.78, 5) is 28.5. The first-order chi connectivity index (χ1) is 17.0. The number of carbonyl (C=O) groups excluding carboxylic acids is 2. The topological polar surface area (TPSA) is 117 Å². The van der Waals surface area contributed by atoms with E-state index in [4.69, 9.17) is 10.00 Å². The molecule has 5 rings (SSSR count). The first-order valence-electron chi connectivity index (χ1n) is 12.2. The van der Waals surface area contributed by atoms with Crippen LogP contribution in [0, 0.1) is 11.3 Å². The van der Waals surface area contributed by atoms with Gasteiger partial charge in [-0.2, -0.15) is 5.26 Å². The van der Waals surface area contributed by atoms with E-state index in [1.54, 1.807) is 17.0 Å². The van der Waals surface area contributed by atoms with Crippen LogP contribution in [0.25, 0.3) is 0 Å². The lowest BCUT2D eigenvalue weighted by Gasteiger charge is -2.33. The monoisotopic (exact) mass is 473 g/mol. The number of nitrogens with zero attached hydrogens (tertiary/aromatic N) is 2. The van der Waals surface area contributed by atoms with Crippen molar-refractivity contribution in [3.05, 3.63) is 64.7 Å². The molecule has 0 bridgehead atoms. The summed E-state index contributed by atoms with van der Waals surface area (Å²) in [5.74, 6) is 0.201. The Balaban J connectivity index is 1.26. The second kappa shape index (κ2) is 9.88.